The highest BCUT2D eigenvalue weighted by molar-refractivity contribution is 5.60. The lowest BCUT2D eigenvalue weighted by atomic mass is 10.2. The van der Waals surface area contributed by atoms with Crippen LogP contribution in [-0.4, -0.2) is 20.7 Å². The lowest BCUT2D eigenvalue weighted by Gasteiger charge is -2.12. The van der Waals surface area contributed by atoms with Gasteiger partial charge in [-0.15, -0.1) is 0 Å². The maximum absolute atomic E-state index is 11.1. The molecule has 1 aliphatic carbocycles. The summed E-state index contributed by atoms with van der Waals surface area (Å²) >= 11 is 0. The molecule has 0 atom stereocenters. The Bertz CT molecular complexity index is 421. The number of aryl methyl sites for hydroxylation is 2. The average molecular weight is 238 g/mol. The molecule has 17 heavy (non-hydrogen) atoms. The monoisotopic (exact) mass is 238 g/mol. The standard InChI is InChI=1S/C11H18N4O2/c1-3-9-10(15(16)17)11(14(2)13-9)12-8-6-4-5-7-8/h8,12H,3-7H2,1-2H3. The number of nitrogens with one attached hydrogen (secondary N) is 1. The van der Waals surface area contributed by atoms with Crippen molar-refractivity contribution >= 4 is 11.5 Å². The highest BCUT2D eigenvalue weighted by Crippen LogP contribution is 2.31. The molecular formula is C11H18N4O2. The van der Waals surface area contributed by atoms with Gasteiger partial charge in [-0.3, -0.25) is 10.1 Å². The van der Waals surface area contributed by atoms with Gasteiger partial charge in [-0.25, -0.2) is 4.68 Å². The zero-order valence-corrected chi connectivity index (χ0v) is 10.3. The van der Waals surface area contributed by atoms with Crippen LogP contribution in [0.5, 0.6) is 0 Å². The molecular weight excluding hydrogens is 220 g/mol. The van der Waals surface area contributed by atoms with Crippen molar-refractivity contribution in [1.29, 1.82) is 0 Å². The van der Waals surface area contributed by atoms with Crippen LogP contribution in [0, 0.1) is 10.1 Å². The van der Waals surface area contributed by atoms with Gasteiger partial charge in [0.1, 0.15) is 5.69 Å². The molecule has 0 bridgehead atoms. The van der Waals surface area contributed by atoms with Crippen LogP contribution in [0.25, 0.3) is 0 Å². The normalized spacial score (nSPS) is 16.4. The van der Waals surface area contributed by atoms with E-state index < -0.39 is 0 Å². The molecule has 6 heteroatoms. The molecule has 6 nitrogen and oxygen atoms in total. The summed E-state index contributed by atoms with van der Waals surface area (Å²) in [6.07, 6.45) is 5.15. The summed E-state index contributed by atoms with van der Waals surface area (Å²) in [5, 5.41) is 18.6. The Morgan fingerprint density at radius 2 is 2.18 bits per heavy atom. The number of nitrogens with zero attached hydrogens (tertiary/aromatic N) is 3. The van der Waals surface area contributed by atoms with Gasteiger partial charge < -0.3 is 5.32 Å². The zero-order chi connectivity index (χ0) is 12.4. The van der Waals surface area contributed by atoms with E-state index in [1.807, 2.05) is 6.92 Å². The summed E-state index contributed by atoms with van der Waals surface area (Å²) in [4.78, 5) is 10.8. The fourth-order valence-corrected chi connectivity index (χ4v) is 2.42. The molecule has 1 aliphatic rings. The molecule has 1 saturated carbocycles. The van der Waals surface area contributed by atoms with Crippen molar-refractivity contribution in [3.8, 4) is 0 Å². The second-order valence-electron chi connectivity index (χ2n) is 4.50. The number of hydrogen-bond acceptors (Lipinski definition) is 4. The largest absolute Gasteiger partial charge is 0.362 e. The number of aromatic nitrogens is 2. The van der Waals surface area contributed by atoms with Crippen molar-refractivity contribution < 1.29 is 4.92 Å². The van der Waals surface area contributed by atoms with E-state index in [0.717, 1.165) is 12.8 Å². The van der Waals surface area contributed by atoms with Crippen LogP contribution in [-0.2, 0) is 13.5 Å². The summed E-state index contributed by atoms with van der Waals surface area (Å²) in [5.74, 6) is 0.554. The molecule has 0 saturated heterocycles. The summed E-state index contributed by atoms with van der Waals surface area (Å²) in [6.45, 7) is 1.88. The lowest BCUT2D eigenvalue weighted by Crippen LogP contribution is -2.17. The van der Waals surface area contributed by atoms with Crippen molar-refractivity contribution in [2.45, 2.75) is 45.1 Å². The Hall–Kier alpha value is -1.59. The van der Waals surface area contributed by atoms with Crippen LogP contribution in [0.15, 0.2) is 0 Å². The first-order chi connectivity index (χ1) is 8.13. The lowest BCUT2D eigenvalue weighted by molar-refractivity contribution is -0.384. The van der Waals surface area contributed by atoms with Gasteiger partial charge in [0, 0.05) is 13.1 Å². The molecule has 0 aromatic carbocycles. The first-order valence-corrected chi connectivity index (χ1v) is 6.10. The van der Waals surface area contributed by atoms with E-state index in [-0.39, 0.29) is 10.6 Å². The Morgan fingerprint density at radius 3 is 2.71 bits per heavy atom. The van der Waals surface area contributed by atoms with Gasteiger partial charge in [0.05, 0.1) is 4.92 Å². The van der Waals surface area contributed by atoms with Crippen molar-refractivity contribution in [3.63, 3.8) is 0 Å². The maximum atomic E-state index is 11.1. The molecule has 1 heterocycles. The molecule has 1 fully saturated rings. The van der Waals surface area contributed by atoms with E-state index in [9.17, 15) is 10.1 Å². The molecule has 1 N–H and O–H groups in total. The zero-order valence-electron chi connectivity index (χ0n) is 10.3. The topological polar surface area (TPSA) is 73.0 Å². The van der Waals surface area contributed by atoms with E-state index in [1.54, 1.807) is 11.7 Å². The number of hydrogen-bond donors (Lipinski definition) is 1. The van der Waals surface area contributed by atoms with E-state index in [1.165, 1.54) is 12.8 Å². The van der Waals surface area contributed by atoms with Gasteiger partial charge in [-0.1, -0.05) is 19.8 Å². The Balaban J connectivity index is 2.30. The third-order valence-corrected chi connectivity index (χ3v) is 3.31. The van der Waals surface area contributed by atoms with Gasteiger partial charge in [-0.05, 0) is 19.3 Å². The predicted octanol–water partition coefficient (Wildman–Crippen LogP) is 2.25. The van der Waals surface area contributed by atoms with Crippen molar-refractivity contribution in [2.24, 2.45) is 7.05 Å². The fraction of sp³-hybridized carbons (Fsp3) is 0.727. The Labute approximate surface area is 100 Å². The number of nitro groups is 1. The molecule has 0 amide bonds. The molecule has 1 aromatic heterocycles. The fourth-order valence-electron chi connectivity index (χ4n) is 2.42. The minimum absolute atomic E-state index is 0.141. The molecule has 0 spiro atoms. The first kappa shape index (κ1) is 11.9. The van der Waals surface area contributed by atoms with Crippen LogP contribution in [0.3, 0.4) is 0 Å². The molecule has 0 radical (unpaired) electrons. The Kier molecular flexibility index (Phi) is 3.31. The summed E-state index contributed by atoms with van der Waals surface area (Å²) < 4.78 is 1.59. The molecule has 0 aliphatic heterocycles. The van der Waals surface area contributed by atoms with E-state index in [0.29, 0.717) is 24.0 Å². The number of rotatable bonds is 4. The van der Waals surface area contributed by atoms with Crippen molar-refractivity contribution in [3.05, 3.63) is 15.8 Å². The predicted molar refractivity (Wildman–Crippen MR) is 65.1 cm³/mol. The summed E-state index contributed by atoms with van der Waals surface area (Å²) in [7, 11) is 1.75. The van der Waals surface area contributed by atoms with Crippen molar-refractivity contribution in [2.75, 3.05) is 5.32 Å². The van der Waals surface area contributed by atoms with E-state index in [4.69, 9.17) is 0 Å². The molecule has 2 rings (SSSR count). The van der Waals surface area contributed by atoms with E-state index >= 15 is 0 Å². The minimum atomic E-state index is -0.330. The first-order valence-electron chi connectivity index (χ1n) is 6.10. The van der Waals surface area contributed by atoms with Gasteiger partial charge in [-0.2, -0.15) is 5.10 Å². The smallest absolute Gasteiger partial charge is 0.333 e. The SMILES string of the molecule is CCc1nn(C)c(NC2CCCC2)c1[N+](=O)[O-]. The summed E-state index contributed by atoms with van der Waals surface area (Å²) in [5.41, 5.74) is 0.694. The van der Waals surface area contributed by atoms with Gasteiger partial charge in [0.25, 0.3) is 0 Å². The third kappa shape index (κ3) is 2.25. The van der Waals surface area contributed by atoms with Crippen LogP contribution in [0.1, 0.15) is 38.3 Å². The van der Waals surface area contributed by atoms with E-state index in [2.05, 4.69) is 10.4 Å². The van der Waals surface area contributed by atoms with Crippen molar-refractivity contribution in [1.82, 2.24) is 9.78 Å². The van der Waals surface area contributed by atoms with Gasteiger partial charge in [0.2, 0.25) is 5.82 Å². The van der Waals surface area contributed by atoms with Crippen LogP contribution in [0.4, 0.5) is 11.5 Å². The quantitative estimate of drug-likeness (QED) is 0.645. The van der Waals surface area contributed by atoms with Crippen LogP contribution < -0.4 is 5.32 Å². The van der Waals surface area contributed by atoms with Gasteiger partial charge >= 0.3 is 5.69 Å². The molecule has 1 aromatic rings. The minimum Gasteiger partial charge on any atom is -0.362 e. The second-order valence-corrected chi connectivity index (χ2v) is 4.50. The second kappa shape index (κ2) is 4.73. The maximum Gasteiger partial charge on any atom is 0.333 e. The van der Waals surface area contributed by atoms with Gasteiger partial charge in [0.15, 0.2) is 0 Å². The highest BCUT2D eigenvalue weighted by atomic mass is 16.6. The van der Waals surface area contributed by atoms with Crippen LogP contribution in [0.2, 0.25) is 0 Å². The third-order valence-electron chi connectivity index (χ3n) is 3.31. The summed E-state index contributed by atoms with van der Waals surface area (Å²) in [6, 6.07) is 0.355. The molecule has 94 valence electrons. The van der Waals surface area contributed by atoms with Crippen LogP contribution >= 0.6 is 0 Å². The average Bonchev–Trinajstić information content (AvgIpc) is 2.88. The number of anilines is 1. The highest BCUT2D eigenvalue weighted by Gasteiger charge is 2.27. The molecule has 0 unspecified atom stereocenters. The Morgan fingerprint density at radius 1 is 1.53 bits per heavy atom.